The predicted molar refractivity (Wildman–Crippen MR) is 134 cm³/mol. The van der Waals surface area contributed by atoms with Crippen LogP contribution in [0.1, 0.15) is 41.8 Å². The fraction of sp³-hybridized carbons (Fsp3) is 0.440. The number of nitrogens with zero attached hydrogens (tertiary/aromatic N) is 4. The summed E-state index contributed by atoms with van der Waals surface area (Å²) in [5.41, 5.74) is 3.37. The summed E-state index contributed by atoms with van der Waals surface area (Å²) in [5.74, 6) is 1.49. The monoisotopic (exact) mass is 479 g/mol. The maximum atomic E-state index is 13.0. The lowest BCUT2D eigenvalue weighted by Gasteiger charge is -2.30. The Hall–Kier alpha value is -3.04. The second-order valence-corrected chi connectivity index (χ2v) is 10.8. The fourth-order valence-corrected chi connectivity index (χ4v) is 6.19. The highest BCUT2D eigenvalue weighted by Gasteiger charge is 2.32. The van der Waals surface area contributed by atoms with Crippen LogP contribution in [0.3, 0.4) is 0 Å². The van der Waals surface area contributed by atoms with Crippen LogP contribution in [0.2, 0.25) is 0 Å². The van der Waals surface area contributed by atoms with E-state index in [1.807, 2.05) is 18.3 Å². The average Bonchev–Trinajstić information content (AvgIpc) is 3.40. The van der Waals surface area contributed by atoms with E-state index in [1.165, 1.54) is 10.4 Å². The SMILES string of the molecule is COc1cc2c(cc1Nc1ncnc3sc4c(c13)CC[C@H](C(=O)N(C)CC(C)(C)O)C4)C=NC2. The molecular weight excluding hydrogens is 450 g/mol. The minimum atomic E-state index is -0.914. The number of hydrogen-bond donors (Lipinski definition) is 2. The standard InChI is InChI=1S/C25H29N5O3S/c1-25(2,32)12-30(3)24(31)14-5-6-17-20(9-14)34-23-21(17)22(27-13-28-23)29-18-7-15-10-26-11-16(15)8-19(18)33-4/h7-8,10,13-14,32H,5-6,9,11-12H2,1-4H3,(H,27,28,29)/t14-/m0/s1. The number of thiophene rings is 1. The molecule has 178 valence electrons. The van der Waals surface area contributed by atoms with Crippen LogP contribution in [0, 0.1) is 5.92 Å². The Balaban J connectivity index is 1.44. The van der Waals surface area contributed by atoms with E-state index in [0.29, 0.717) is 19.5 Å². The Bertz CT molecular complexity index is 1290. The first kappa shape index (κ1) is 22.7. The number of carbonyl (C=O) groups excluding carboxylic acids is 1. The average molecular weight is 480 g/mol. The molecule has 2 aromatic heterocycles. The van der Waals surface area contributed by atoms with E-state index in [-0.39, 0.29) is 11.8 Å². The third-order valence-corrected chi connectivity index (χ3v) is 7.56. The number of aliphatic imine (C=N–C) groups is 1. The molecule has 0 radical (unpaired) electrons. The molecule has 0 saturated carbocycles. The van der Waals surface area contributed by atoms with Crippen LogP contribution in [0.25, 0.3) is 10.2 Å². The van der Waals surface area contributed by atoms with E-state index in [4.69, 9.17) is 4.74 Å². The normalized spacial score (nSPS) is 16.9. The predicted octanol–water partition coefficient (Wildman–Crippen LogP) is 3.71. The molecule has 3 aromatic rings. The molecule has 1 aliphatic carbocycles. The van der Waals surface area contributed by atoms with E-state index in [9.17, 15) is 9.90 Å². The van der Waals surface area contributed by atoms with Gasteiger partial charge < -0.3 is 20.1 Å². The fourth-order valence-electron chi connectivity index (χ4n) is 4.92. The number of rotatable bonds is 6. The van der Waals surface area contributed by atoms with Crippen molar-refractivity contribution in [3.63, 3.8) is 0 Å². The summed E-state index contributed by atoms with van der Waals surface area (Å²) in [6.07, 6.45) is 5.70. The van der Waals surface area contributed by atoms with Crippen molar-refractivity contribution >= 4 is 45.2 Å². The van der Waals surface area contributed by atoms with Gasteiger partial charge in [0.15, 0.2) is 0 Å². The third kappa shape index (κ3) is 4.25. The van der Waals surface area contributed by atoms with Crippen molar-refractivity contribution in [1.82, 2.24) is 14.9 Å². The zero-order valence-corrected chi connectivity index (χ0v) is 20.7. The van der Waals surface area contributed by atoms with Gasteiger partial charge in [-0.15, -0.1) is 11.3 Å². The smallest absolute Gasteiger partial charge is 0.225 e. The number of aromatic nitrogens is 2. The van der Waals surface area contributed by atoms with Gasteiger partial charge in [0, 0.05) is 30.6 Å². The highest BCUT2D eigenvalue weighted by molar-refractivity contribution is 7.19. The Labute approximate surface area is 202 Å². The molecule has 0 saturated heterocycles. The van der Waals surface area contributed by atoms with Gasteiger partial charge in [-0.3, -0.25) is 9.79 Å². The van der Waals surface area contributed by atoms with E-state index < -0.39 is 5.60 Å². The van der Waals surface area contributed by atoms with Crippen LogP contribution in [-0.4, -0.2) is 58.4 Å². The van der Waals surface area contributed by atoms with Crippen molar-refractivity contribution in [2.45, 2.75) is 45.3 Å². The Morgan fingerprint density at radius 3 is 2.94 bits per heavy atom. The molecule has 0 fully saturated rings. The number of nitrogens with one attached hydrogen (secondary N) is 1. The molecule has 8 nitrogen and oxygen atoms in total. The number of hydrogen-bond acceptors (Lipinski definition) is 8. The van der Waals surface area contributed by atoms with E-state index >= 15 is 0 Å². The van der Waals surface area contributed by atoms with Crippen molar-refractivity contribution < 1.29 is 14.6 Å². The van der Waals surface area contributed by atoms with Gasteiger partial charge in [0.1, 0.15) is 22.7 Å². The first-order valence-corrected chi connectivity index (χ1v) is 12.3. The van der Waals surface area contributed by atoms with Crippen molar-refractivity contribution in [3.8, 4) is 5.75 Å². The summed E-state index contributed by atoms with van der Waals surface area (Å²) in [6.45, 7) is 4.43. The summed E-state index contributed by atoms with van der Waals surface area (Å²) in [4.78, 5) is 30.2. The lowest BCUT2D eigenvalue weighted by molar-refractivity contribution is -0.137. The molecule has 1 aromatic carbocycles. The maximum Gasteiger partial charge on any atom is 0.225 e. The molecule has 1 atom stereocenters. The molecule has 0 spiro atoms. The number of aliphatic hydroxyl groups is 1. The van der Waals surface area contributed by atoms with E-state index in [0.717, 1.165) is 51.4 Å². The van der Waals surface area contributed by atoms with Crippen LogP contribution in [0.5, 0.6) is 5.75 Å². The molecule has 1 amide bonds. The maximum absolute atomic E-state index is 13.0. The number of fused-ring (bicyclic) bond motifs is 4. The molecule has 0 bridgehead atoms. The Morgan fingerprint density at radius 1 is 1.35 bits per heavy atom. The molecule has 1 aliphatic heterocycles. The Morgan fingerprint density at radius 2 is 2.18 bits per heavy atom. The highest BCUT2D eigenvalue weighted by atomic mass is 32.1. The first-order chi connectivity index (χ1) is 16.2. The summed E-state index contributed by atoms with van der Waals surface area (Å²) < 4.78 is 5.63. The van der Waals surface area contributed by atoms with E-state index in [1.54, 1.807) is 50.6 Å². The topological polar surface area (TPSA) is 99.9 Å². The number of carbonyl (C=O) groups is 1. The molecule has 9 heteroatoms. The van der Waals surface area contributed by atoms with Crippen LogP contribution < -0.4 is 10.1 Å². The van der Waals surface area contributed by atoms with Gasteiger partial charge in [0.2, 0.25) is 5.91 Å². The quantitative estimate of drug-likeness (QED) is 0.559. The van der Waals surface area contributed by atoms with Gasteiger partial charge in [-0.05, 0) is 61.9 Å². The number of anilines is 2. The van der Waals surface area contributed by atoms with Crippen LogP contribution >= 0.6 is 11.3 Å². The molecule has 2 N–H and O–H groups in total. The molecule has 2 aliphatic rings. The van der Waals surface area contributed by atoms with Crippen molar-refractivity contribution in [3.05, 3.63) is 40.0 Å². The summed E-state index contributed by atoms with van der Waals surface area (Å²) in [6, 6.07) is 4.07. The summed E-state index contributed by atoms with van der Waals surface area (Å²) in [7, 11) is 3.43. The Kier molecular flexibility index (Phi) is 5.77. The number of likely N-dealkylation sites (N-methyl/N-ethyl adjacent to an activating group) is 1. The molecule has 3 heterocycles. The minimum absolute atomic E-state index is 0.0826. The second kappa shape index (κ2) is 8.63. The number of aryl methyl sites for hydroxylation is 1. The second-order valence-electron chi connectivity index (χ2n) is 9.70. The largest absolute Gasteiger partial charge is 0.495 e. The lowest BCUT2D eigenvalue weighted by atomic mass is 9.86. The van der Waals surface area contributed by atoms with Gasteiger partial charge in [0.25, 0.3) is 0 Å². The van der Waals surface area contributed by atoms with Crippen LogP contribution in [-0.2, 0) is 24.2 Å². The zero-order valence-electron chi connectivity index (χ0n) is 19.9. The zero-order chi connectivity index (χ0) is 24.0. The first-order valence-electron chi connectivity index (χ1n) is 11.4. The van der Waals surface area contributed by atoms with Gasteiger partial charge in [-0.1, -0.05) is 0 Å². The molecule has 5 rings (SSSR count). The van der Waals surface area contributed by atoms with Gasteiger partial charge in [-0.25, -0.2) is 9.97 Å². The van der Waals surface area contributed by atoms with Crippen molar-refractivity contribution in [2.75, 3.05) is 26.0 Å². The molecular formula is C25H29N5O3S. The lowest BCUT2D eigenvalue weighted by Crippen LogP contribution is -2.43. The van der Waals surface area contributed by atoms with Crippen molar-refractivity contribution in [2.24, 2.45) is 10.9 Å². The summed E-state index contributed by atoms with van der Waals surface area (Å²) >= 11 is 1.64. The van der Waals surface area contributed by atoms with Crippen molar-refractivity contribution in [1.29, 1.82) is 0 Å². The number of benzene rings is 1. The molecule has 0 unspecified atom stereocenters. The number of amides is 1. The molecule has 34 heavy (non-hydrogen) atoms. The van der Waals surface area contributed by atoms with E-state index in [2.05, 4.69) is 20.3 Å². The number of ether oxygens (including phenoxy) is 1. The third-order valence-electron chi connectivity index (χ3n) is 6.40. The highest BCUT2D eigenvalue weighted by Crippen LogP contribution is 2.42. The van der Waals surface area contributed by atoms with Gasteiger partial charge in [0.05, 0.1) is 30.3 Å². The summed E-state index contributed by atoms with van der Waals surface area (Å²) in [5, 5.41) is 14.6. The van der Waals surface area contributed by atoms with Crippen LogP contribution in [0.4, 0.5) is 11.5 Å². The minimum Gasteiger partial charge on any atom is -0.495 e. The number of methoxy groups -OCH3 is 1. The van der Waals surface area contributed by atoms with Crippen LogP contribution in [0.15, 0.2) is 23.5 Å². The van der Waals surface area contributed by atoms with Gasteiger partial charge in [-0.2, -0.15) is 0 Å². The van der Waals surface area contributed by atoms with Gasteiger partial charge >= 0.3 is 0 Å².